The van der Waals surface area contributed by atoms with Gasteiger partial charge in [-0.25, -0.2) is 0 Å². The van der Waals surface area contributed by atoms with Gasteiger partial charge in [0.25, 0.3) is 11.8 Å². The molecular formula is C26H20F3N3O3. The van der Waals surface area contributed by atoms with Gasteiger partial charge in [0.2, 0.25) is 5.54 Å². The molecule has 0 unspecified atom stereocenters. The normalized spacial score (nSPS) is 18.1. The highest BCUT2D eigenvalue weighted by Gasteiger charge is 2.70. The summed E-state index contributed by atoms with van der Waals surface area (Å²) < 4.78 is 44.7. The zero-order valence-corrected chi connectivity index (χ0v) is 18.5. The van der Waals surface area contributed by atoms with Crippen LogP contribution in [0.3, 0.4) is 0 Å². The Bertz CT molecular complexity index is 1290. The summed E-state index contributed by atoms with van der Waals surface area (Å²) in [7, 11) is 0. The van der Waals surface area contributed by atoms with Gasteiger partial charge in [0, 0.05) is 29.2 Å². The van der Waals surface area contributed by atoms with Crippen molar-refractivity contribution in [2.45, 2.75) is 25.2 Å². The predicted molar refractivity (Wildman–Crippen MR) is 121 cm³/mol. The fourth-order valence-electron chi connectivity index (χ4n) is 4.09. The van der Waals surface area contributed by atoms with Crippen molar-refractivity contribution in [3.63, 3.8) is 0 Å². The quantitative estimate of drug-likeness (QED) is 0.535. The molecule has 0 saturated carbocycles. The van der Waals surface area contributed by atoms with Crippen molar-refractivity contribution in [1.82, 2.24) is 15.2 Å². The van der Waals surface area contributed by atoms with Crippen LogP contribution in [0.2, 0.25) is 0 Å². The number of halogens is 3. The van der Waals surface area contributed by atoms with Crippen molar-refractivity contribution >= 4 is 17.6 Å². The van der Waals surface area contributed by atoms with E-state index >= 15 is 0 Å². The number of aromatic nitrogens is 1. The molecule has 1 aromatic heterocycles. The van der Waals surface area contributed by atoms with Gasteiger partial charge in [0.1, 0.15) is 0 Å². The maximum atomic E-state index is 14.9. The standard InChI is InChI=1S/C26H20F3N3O3/c1-17-21(22(33)19-10-6-3-7-11-19)25(26(27,28)29,31-23(34)20-12-14-30-15-13-20)24(35)32(17)16-18-8-4-2-5-9-18/h2-15H,16H2,1H3,(H,31,34)/t25-/m0/s1. The number of nitrogens with zero attached hydrogens (tertiary/aromatic N) is 2. The third kappa shape index (κ3) is 4.21. The van der Waals surface area contributed by atoms with Crippen LogP contribution in [-0.4, -0.2) is 39.2 Å². The molecule has 0 aliphatic carbocycles. The Morgan fingerprint density at radius 1 is 0.914 bits per heavy atom. The van der Waals surface area contributed by atoms with E-state index < -0.39 is 34.9 Å². The first-order chi connectivity index (χ1) is 16.7. The molecule has 1 atom stereocenters. The number of alkyl halides is 3. The average Bonchev–Trinajstić information content (AvgIpc) is 3.07. The minimum absolute atomic E-state index is 0.0389. The number of pyridine rings is 1. The van der Waals surface area contributed by atoms with Crippen LogP contribution in [-0.2, 0) is 11.3 Å². The summed E-state index contributed by atoms with van der Waals surface area (Å²) in [4.78, 5) is 44.6. The van der Waals surface area contributed by atoms with Crippen molar-refractivity contribution < 1.29 is 27.6 Å². The Morgan fingerprint density at radius 3 is 2.06 bits per heavy atom. The average molecular weight is 479 g/mol. The number of nitrogens with one attached hydrogen (secondary N) is 1. The lowest BCUT2D eigenvalue weighted by Crippen LogP contribution is -2.66. The third-order valence-electron chi connectivity index (χ3n) is 5.82. The summed E-state index contributed by atoms with van der Waals surface area (Å²) in [6.07, 6.45) is -2.84. The summed E-state index contributed by atoms with van der Waals surface area (Å²) in [6.45, 7) is 1.07. The SMILES string of the molecule is CC1=C(C(=O)c2ccccc2)[C@@](NC(=O)c2ccncc2)(C(F)(F)F)C(=O)N1Cc1ccccc1. The number of ketones is 1. The van der Waals surface area contributed by atoms with E-state index in [1.54, 1.807) is 36.4 Å². The van der Waals surface area contributed by atoms with E-state index in [0.717, 1.165) is 4.90 Å². The highest BCUT2D eigenvalue weighted by molar-refractivity contribution is 6.19. The van der Waals surface area contributed by atoms with Gasteiger partial charge in [-0.15, -0.1) is 0 Å². The largest absolute Gasteiger partial charge is 0.425 e. The fraction of sp³-hybridized carbons (Fsp3) is 0.154. The number of hydrogen-bond acceptors (Lipinski definition) is 4. The number of hydrogen-bond donors (Lipinski definition) is 1. The maximum absolute atomic E-state index is 14.9. The van der Waals surface area contributed by atoms with Gasteiger partial charge in [0.05, 0.1) is 12.1 Å². The second kappa shape index (κ2) is 9.17. The smallest absolute Gasteiger partial charge is 0.326 e. The summed E-state index contributed by atoms with van der Waals surface area (Å²) in [5.74, 6) is -3.61. The Balaban J connectivity index is 1.89. The highest BCUT2D eigenvalue weighted by Crippen LogP contribution is 2.46. The predicted octanol–water partition coefficient (Wildman–Crippen LogP) is 4.31. The molecule has 2 amide bonds. The Morgan fingerprint density at radius 2 is 1.49 bits per heavy atom. The minimum Gasteiger partial charge on any atom is -0.326 e. The molecular weight excluding hydrogens is 459 g/mol. The molecule has 2 aromatic carbocycles. The second-order valence-electron chi connectivity index (χ2n) is 7.97. The van der Waals surface area contributed by atoms with Crippen molar-refractivity contribution in [3.05, 3.63) is 113 Å². The summed E-state index contributed by atoms with van der Waals surface area (Å²) in [5, 5.41) is 1.88. The number of rotatable bonds is 6. The second-order valence-corrected chi connectivity index (χ2v) is 7.97. The van der Waals surface area contributed by atoms with E-state index in [9.17, 15) is 27.6 Å². The molecule has 1 N–H and O–H groups in total. The molecule has 35 heavy (non-hydrogen) atoms. The fourth-order valence-corrected chi connectivity index (χ4v) is 4.09. The lowest BCUT2D eigenvalue weighted by atomic mass is 9.84. The van der Waals surface area contributed by atoms with Gasteiger partial charge in [-0.3, -0.25) is 19.4 Å². The molecule has 0 fully saturated rings. The van der Waals surface area contributed by atoms with Gasteiger partial charge >= 0.3 is 6.18 Å². The van der Waals surface area contributed by atoms with Crippen LogP contribution in [0.5, 0.6) is 0 Å². The van der Waals surface area contributed by atoms with Crippen LogP contribution in [0.1, 0.15) is 33.2 Å². The highest BCUT2D eigenvalue weighted by atomic mass is 19.4. The molecule has 0 radical (unpaired) electrons. The number of carbonyl (C=O) groups is 3. The number of benzene rings is 2. The molecule has 0 bridgehead atoms. The van der Waals surface area contributed by atoms with Crippen molar-refractivity contribution in [1.29, 1.82) is 0 Å². The van der Waals surface area contributed by atoms with Gasteiger partial charge < -0.3 is 10.2 Å². The Hall–Kier alpha value is -4.27. The zero-order chi connectivity index (χ0) is 25.2. The minimum atomic E-state index is -5.32. The molecule has 3 aromatic rings. The number of Topliss-reactive ketones (excluding diaryl/α,β-unsaturated/α-hetero) is 1. The van der Waals surface area contributed by atoms with Crippen molar-refractivity contribution in [3.8, 4) is 0 Å². The summed E-state index contributed by atoms with van der Waals surface area (Å²) in [6, 6.07) is 18.2. The Kier molecular flexibility index (Phi) is 6.26. The molecule has 6 nitrogen and oxygen atoms in total. The van der Waals surface area contributed by atoms with Gasteiger partial charge in [-0.2, -0.15) is 13.2 Å². The number of amides is 2. The van der Waals surface area contributed by atoms with E-state index in [4.69, 9.17) is 0 Å². The maximum Gasteiger partial charge on any atom is 0.425 e. The van der Waals surface area contributed by atoms with E-state index in [1.807, 2.05) is 5.32 Å². The van der Waals surface area contributed by atoms with Gasteiger partial charge in [-0.1, -0.05) is 60.7 Å². The lowest BCUT2D eigenvalue weighted by Gasteiger charge is -2.33. The molecule has 178 valence electrons. The van der Waals surface area contributed by atoms with Gasteiger partial charge in [-0.05, 0) is 24.6 Å². The van der Waals surface area contributed by atoms with E-state index in [-0.39, 0.29) is 23.4 Å². The molecule has 4 rings (SSSR count). The summed E-state index contributed by atoms with van der Waals surface area (Å²) in [5.41, 5.74) is -4.20. The van der Waals surface area contributed by atoms with Crippen LogP contribution in [0, 0.1) is 0 Å². The first kappa shape index (κ1) is 23.9. The molecule has 2 heterocycles. The van der Waals surface area contributed by atoms with Crippen molar-refractivity contribution in [2.75, 3.05) is 0 Å². The molecule has 1 aliphatic heterocycles. The van der Waals surface area contributed by atoms with Crippen LogP contribution in [0.4, 0.5) is 13.2 Å². The third-order valence-corrected chi connectivity index (χ3v) is 5.82. The molecule has 9 heteroatoms. The van der Waals surface area contributed by atoms with Gasteiger partial charge in [0.15, 0.2) is 5.78 Å². The van der Waals surface area contributed by atoms with E-state index in [0.29, 0.717) is 5.56 Å². The first-order valence-corrected chi connectivity index (χ1v) is 10.6. The lowest BCUT2D eigenvalue weighted by molar-refractivity contribution is -0.189. The molecule has 0 saturated heterocycles. The zero-order valence-electron chi connectivity index (χ0n) is 18.5. The topological polar surface area (TPSA) is 79.4 Å². The molecule has 1 aliphatic rings. The first-order valence-electron chi connectivity index (χ1n) is 10.6. The molecule has 0 spiro atoms. The van der Waals surface area contributed by atoms with E-state index in [1.165, 1.54) is 55.7 Å². The number of carbonyl (C=O) groups excluding carboxylic acids is 3. The van der Waals surface area contributed by atoms with E-state index in [2.05, 4.69) is 4.98 Å². The monoisotopic (exact) mass is 479 g/mol. The summed E-state index contributed by atoms with van der Waals surface area (Å²) >= 11 is 0. The van der Waals surface area contributed by atoms with Crippen LogP contribution < -0.4 is 5.32 Å². The Labute approximate surface area is 199 Å². The van der Waals surface area contributed by atoms with Crippen LogP contribution in [0.25, 0.3) is 0 Å². The van der Waals surface area contributed by atoms with Crippen molar-refractivity contribution in [2.24, 2.45) is 0 Å². The van der Waals surface area contributed by atoms with Crippen LogP contribution in [0.15, 0.2) is 96.5 Å². The van der Waals surface area contributed by atoms with Crippen LogP contribution >= 0.6 is 0 Å². The number of allylic oxidation sites excluding steroid dienone is 1.